The summed E-state index contributed by atoms with van der Waals surface area (Å²) in [4.78, 5) is 4.63. The second-order valence-corrected chi connectivity index (χ2v) is 6.49. The van der Waals surface area contributed by atoms with E-state index in [0.29, 0.717) is 24.6 Å². The third-order valence-electron chi connectivity index (χ3n) is 4.86. The van der Waals surface area contributed by atoms with Gasteiger partial charge >= 0.3 is 0 Å². The summed E-state index contributed by atoms with van der Waals surface area (Å²) in [6.07, 6.45) is 0. The number of nitrogens with zero attached hydrogens (tertiary/aromatic N) is 2. The molecule has 0 bridgehead atoms. The molecule has 0 unspecified atom stereocenters. The molecule has 0 aromatic heterocycles. The molecule has 26 heavy (non-hydrogen) atoms. The van der Waals surface area contributed by atoms with Crippen LogP contribution in [0.2, 0.25) is 0 Å². The van der Waals surface area contributed by atoms with Crippen molar-refractivity contribution in [3.63, 3.8) is 0 Å². The van der Waals surface area contributed by atoms with Gasteiger partial charge in [0, 0.05) is 50.4 Å². The molecule has 2 aromatic rings. The fraction of sp³-hybridized carbons (Fsp3) is 0.400. The van der Waals surface area contributed by atoms with Crippen LogP contribution in [0.4, 0.5) is 0 Å². The molecule has 1 aliphatic heterocycles. The highest BCUT2D eigenvalue weighted by atomic mass is 16.5. The van der Waals surface area contributed by atoms with Crippen LogP contribution in [0.1, 0.15) is 11.1 Å². The zero-order valence-electron chi connectivity index (χ0n) is 15.3. The van der Waals surface area contributed by atoms with Gasteiger partial charge in [0.15, 0.2) is 23.0 Å². The first-order chi connectivity index (χ1) is 12.6. The largest absolute Gasteiger partial charge is 0.504 e. The zero-order chi connectivity index (χ0) is 18.5. The number of benzene rings is 2. The first-order valence-electron chi connectivity index (χ1n) is 8.76. The molecule has 3 rings (SSSR count). The number of methoxy groups -OCH3 is 2. The fourth-order valence-corrected chi connectivity index (χ4v) is 3.31. The average molecular weight is 358 g/mol. The molecule has 0 spiro atoms. The van der Waals surface area contributed by atoms with Crippen LogP contribution in [-0.4, -0.2) is 60.4 Å². The summed E-state index contributed by atoms with van der Waals surface area (Å²) in [6.45, 7) is 5.01. The maximum atomic E-state index is 10.2. The molecule has 0 saturated carbocycles. The second kappa shape index (κ2) is 8.29. The van der Waals surface area contributed by atoms with E-state index < -0.39 is 0 Å². The van der Waals surface area contributed by atoms with E-state index in [9.17, 15) is 10.2 Å². The van der Waals surface area contributed by atoms with Gasteiger partial charge in [-0.05, 0) is 12.1 Å². The maximum Gasteiger partial charge on any atom is 0.162 e. The molecule has 2 N–H and O–H groups in total. The van der Waals surface area contributed by atoms with Crippen molar-refractivity contribution in [1.82, 2.24) is 9.80 Å². The predicted molar refractivity (Wildman–Crippen MR) is 99.9 cm³/mol. The molecule has 0 aliphatic carbocycles. The monoisotopic (exact) mass is 358 g/mol. The molecule has 6 nitrogen and oxygen atoms in total. The Bertz CT molecular complexity index is 679. The summed E-state index contributed by atoms with van der Waals surface area (Å²) < 4.78 is 10.4. The van der Waals surface area contributed by atoms with Gasteiger partial charge in [-0.15, -0.1) is 0 Å². The van der Waals surface area contributed by atoms with Gasteiger partial charge in [0.05, 0.1) is 14.2 Å². The number of rotatable bonds is 6. The molecule has 140 valence electrons. The number of ether oxygens (including phenoxy) is 2. The smallest absolute Gasteiger partial charge is 0.162 e. The lowest BCUT2D eigenvalue weighted by molar-refractivity contribution is 0.120. The number of piperazine rings is 1. The molecule has 1 aliphatic rings. The van der Waals surface area contributed by atoms with Crippen LogP contribution in [0.3, 0.4) is 0 Å². The van der Waals surface area contributed by atoms with Crippen LogP contribution in [0.25, 0.3) is 0 Å². The van der Waals surface area contributed by atoms with E-state index in [1.165, 1.54) is 0 Å². The number of para-hydroxylation sites is 2. The van der Waals surface area contributed by atoms with Crippen LogP contribution >= 0.6 is 0 Å². The quantitative estimate of drug-likeness (QED) is 0.827. The molecule has 0 radical (unpaired) electrons. The topological polar surface area (TPSA) is 65.4 Å². The van der Waals surface area contributed by atoms with E-state index in [1.54, 1.807) is 26.4 Å². The number of aromatic hydroxyl groups is 2. The van der Waals surface area contributed by atoms with Gasteiger partial charge in [0.25, 0.3) is 0 Å². The van der Waals surface area contributed by atoms with E-state index in [4.69, 9.17) is 9.47 Å². The van der Waals surface area contributed by atoms with E-state index in [2.05, 4.69) is 9.80 Å². The number of hydrogen-bond acceptors (Lipinski definition) is 6. The number of phenols is 2. The van der Waals surface area contributed by atoms with E-state index in [0.717, 1.165) is 37.3 Å². The fourth-order valence-electron chi connectivity index (χ4n) is 3.31. The Balaban J connectivity index is 1.57. The molecule has 1 fully saturated rings. The minimum Gasteiger partial charge on any atom is -0.504 e. The van der Waals surface area contributed by atoms with Crippen LogP contribution < -0.4 is 9.47 Å². The number of phenolic OH excluding ortho intramolecular Hbond substituents is 2. The molecule has 0 atom stereocenters. The lowest BCUT2D eigenvalue weighted by Crippen LogP contribution is -2.45. The zero-order valence-corrected chi connectivity index (χ0v) is 15.3. The third-order valence-corrected chi connectivity index (χ3v) is 4.86. The minimum atomic E-state index is 0.221. The van der Waals surface area contributed by atoms with Gasteiger partial charge in [0.2, 0.25) is 0 Å². The van der Waals surface area contributed by atoms with E-state index in [1.807, 2.05) is 24.3 Å². The molecule has 1 saturated heterocycles. The average Bonchev–Trinajstić information content (AvgIpc) is 2.66. The molecular formula is C20H26N2O4. The Morgan fingerprint density at radius 1 is 0.731 bits per heavy atom. The van der Waals surface area contributed by atoms with Gasteiger partial charge in [-0.2, -0.15) is 0 Å². The van der Waals surface area contributed by atoms with Crippen molar-refractivity contribution in [3.8, 4) is 23.0 Å². The van der Waals surface area contributed by atoms with Crippen LogP contribution in [-0.2, 0) is 13.1 Å². The highest BCUT2D eigenvalue weighted by Gasteiger charge is 2.20. The van der Waals surface area contributed by atoms with Crippen molar-refractivity contribution in [2.45, 2.75) is 13.1 Å². The molecule has 0 amide bonds. The summed E-state index contributed by atoms with van der Waals surface area (Å²) in [5, 5.41) is 20.5. The SMILES string of the molecule is COc1cccc(CN2CCN(Cc3cccc(OC)c3O)CC2)c1O. The van der Waals surface area contributed by atoms with Crippen molar-refractivity contribution >= 4 is 0 Å². The van der Waals surface area contributed by atoms with Crippen molar-refractivity contribution < 1.29 is 19.7 Å². The highest BCUT2D eigenvalue weighted by Crippen LogP contribution is 2.32. The van der Waals surface area contributed by atoms with E-state index >= 15 is 0 Å². The summed E-state index contributed by atoms with van der Waals surface area (Å²) in [7, 11) is 3.12. The lowest BCUT2D eigenvalue weighted by Gasteiger charge is -2.35. The molecule has 6 heteroatoms. The Morgan fingerprint density at radius 3 is 1.46 bits per heavy atom. The third kappa shape index (κ3) is 4.03. The summed E-state index contributed by atoms with van der Waals surface area (Å²) in [5.41, 5.74) is 1.76. The van der Waals surface area contributed by atoms with E-state index in [-0.39, 0.29) is 11.5 Å². The van der Waals surface area contributed by atoms with Crippen molar-refractivity contribution in [1.29, 1.82) is 0 Å². The standard InChI is InChI=1S/C20H26N2O4/c1-25-17-7-3-5-15(19(17)23)13-21-9-11-22(12-10-21)14-16-6-4-8-18(26-2)20(16)24/h3-8,23-24H,9-14H2,1-2H3. The van der Waals surface area contributed by atoms with Crippen LogP contribution in [0.15, 0.2) is 36.4 Å². The summed E-state index contributed by atoms with van der Waals surface area (Å²) in [6, 6.07) is 11.2. The Hall–Kier alpha value is -2.44. The first-order valence-corrected chi connectivity index (χ1v) is 8.76. The Kier molecular flexibility index (Phi) is 5.85. The first kappa shape index (κ1) is 18.4. The van der Waals surface area contributed by atoms with Crippen LogP contribution in [0, 0.1) is 0 Å². The second-order valence-electron chi connectivity index (χ2n) is 6.49. The normalized spacial score (nSPS) is 15.8. The van der Waals surface area contributed by atoms with Crippen LogP contribution in [0.5, 0.6) is 23.0 Å². The van der Waals surface area contributed by atoms with Crippen molar-refractivity contribution in [2.75, 3.05) is 40.4 Å². The van der Waals surface area contributed by atoms with Gasteiger partial charge in [-0.3, -0.25) is 9.80 Å². The molecule has 2 aromatic carbocycles. The van der Waals surface area contributed by atoms with Crippen molar-refractivity contribution in [2.24, 2.45) is 0 Å². The van der Waals surface area contributed by atoms with Gasteiger partial charge < -0.3 is 19.7 Å². The molecule has 1 heterocycles. The van der Waals surface area contributed by atoms with Gasteiger partial charge in [-0.25, -0.2) is 0 Å². The number of hydrogen-bond donors (Lipinski definition) is 2. The van der Waals surface area contributed by atoms with Gasteiger partial charge in [0.1, 0.15) is 0 Å². The van der Waals surface area contributed by atoms with Crippen molar-refractivity contribution in [3.05, 3.63) is 47.5 Å². The summed E-state index contributed by atoms with van der Waals surface area (Å²) >= 11 is 0. The van der Waals surface area contributed by atoms with Gasteiger partial charge in [-0.1, -0.05) is 24.3 Å². The molecular weight excluding hydrogens is 332 g/mol. The Labute approximate surface area is 154 Å². The minimum absolute atomic E-state index is 0.221. The maximum absolute atomic E-state index is 10.2. The Morgan fingerprint density at radius 2 is 1.12 bits per heavy atom. The lowest BCUT2D eigenvalue weighted by atomic mass is 10.1. The summed E-state index contributed by atoms with van der Waals surface area (Å²) in [5.74, 6) is 1.46. The predicted octanol–water partition coefficient (Wildman–Crippen LogP) is 2.43. The highest BCUT2D eigenvalue weighted by molar-refractivity contribution is 5.46.